The van der Waals surface area contributed by atoms with E-state index in [0.29, 0.717) is 29.5 Å². The Bertz CT molecular complexity index is 751. The van der Waals surface area contributed by atoms with E-state index in [0.717, 1.165) is 5.01 Å². The van der Waals surface area contributed by atoms with Crippen molar-refractivity contribution >= 4 is 11.3 Å². The smallest absolute Gasteiger partial charge is 0.267 e. The summed E-state index contributed by atoms with van der Waals surface area (Å²) >= 11 is 1.46. The van der Waals surface area contributed by atoms with Crippen LogP contribution < -0.4 is 0 Å². The Kier molecular flexibility index (Phi) is 3.79. The highest BCUT2D eigenvalue weighted by Crippen LogP contribution is 2.24. The second kappa shape index (κ2) is 5.73. The molecular formula is C15H14FN3OS. The minimum Gasteiger partial charge on any atom is -0.419 e. The molecular weight excluding hydrogens is 289 g/mol. The minimum absolute atomic E-state index is 0.183. The van der Waals surface area contributed by atoms with Crippen LogP contribution in [-0.4, -0.2) is 15.2 Å². The second-order valence-electron chi connectivity index (χ2n) is 4.99. The van der Waals surface area contributed by atoms with Gasteiger partial charge in [0.25, 0.3) is 5.89 Å². The molecule has 3 aromatic rings. The van der Waals surface area contributed by atoms with Crippen LogP contribution in [0.15, 0.2) is 34.1 Å². The molecule has 6 heteroatoms. The topological polar surface area (TPSA) is 51.8 Å². The van der Waals surface area contributed by atoms with Crippen molar-refractivity contribution in [3.05, 3.63) is 51.9 Å². The molecule has 1 aromatic carbocycles. The van der Waals surface area contributed by atoms with Crippen LogP contribution in [0.1, 0.15) is 36.2 Å². The van der Waals surface area contributed by atoms with Crippen LogP contribution in [0, 0.1) is 5.82 Å². The van der Waals surface area contributed by atoms with E-state index in [4.69, 9.17) is 4.42 Å². The fourth-order valence-corrected chi connectivity index (χ4v) is 2.66. The molecule has 0 unspecified atom stereocenters. The standard InChI is InChI=1S/C15H14FN3OS/c1-9(2)14-18-19-15(20-14)12-8-21-13(17-12)7-10-5-3-4-6-11(10)16/h3-6,8-9H,7H2,1-2H3. The fourth-order valence-electron chi connectivity index (χ4n) is 1.87. The Labute approximate surface area is 125 Å². The number of rotatable bonds is 4. The Hall–Kier alpha value is -2.08. The first-order chi connectivity index (χ1) is 10.1. The summed E-state index contributed by atoms with van der Waals surface area (Å²) in [5.41, 5.74) is 1.28. The third-order valence-electron chi connectivity index (χ3n) is 3.00. The molecule has 0 N–H and O–H groups in total. The number of aromatic nitrogens is 3. The lowest BCUT2D eigenvalue weighted by Crippen LogP contribution is -1.91. The number of hydrogen-bond acceptors (Lipinski definition) is 5. The van der Waals surface area contributed by atoms with E-state index in [-0.39, 0.29) is 11.7 Å². The van der Waals surface area contributed by atoms with E-state index in [2.05, 4.69) is 15.2 Å². The van der Waals surface area contributed by atoms with Crippen LogP contribution in [0.4, 0.5) is 4.39 Å². The zero-order chi connectivity index (χ0) is 14.8. The monoisotopic (exact) mass is 303 g/mol. The molecule has 21 heavy (non-hydrogen) atoms. The summed E-state index contributed by atoms with van der Waals surface area (Å²) in [6.45, 7) is 3.98. The number of nitrogens with zero attached hydrogens (tertiary/aromatic N) is 3. The predicted molar refractivity (Wildman–Crippen MR) is 78.7 cm³/mol. The third-order valence-corrected chi connectivity index (χ3v) is 3.85. The van der Waals surface area contributed by atoms with Gasteiger partial charge < -0.3 is 4.42 Å². The largest absolute Gasteiger partial charge is 0.419 e. The van der Waals surface area contributed by atoms with Crippen LogP contribution in [-0.2, 0) is 6.42 Å². The van der Waals surface area contributed by atoms with Crippen molar-refractivity contribution in [2.24, 2.45) is 0 Å². The van der Waals surface area contributed by atoms with Crippen LogP contribution >= 0.6 is 11.3 Å². The molecule has 0 spiro atoms. The molecule has 0 aliphatic carbocycles. The van der Waals surface area contributed by atoms with E-state index >= 15 is 0 Å². The molecule has 0 aliphatic heterocycles. The van der Waals surface area contributed by atoms with Crippen LogP contribution in [0.2, 0.25) is 0 Å². The third kappa shape index (κ3) is 3.00. The maximum Gasteiger partial charge on any atom is 0.267 e. The first-order valence-corrected chi connectivity index (χ1v) is 7.53. The summed E-state index contributed by atoms with van der Waals surface area (Å²) in [6, 6.07) is 6.72. The lowest BCUT2D eigenvalue weighted by Gasteiger charge is -1.98. The van der Waals surface area contributed by atoms with E-state index < -0.39 is 0 Å². The first kappa shape index (κ1) is 13.9. The molecule has 2 heterocycles. The molecule has 4 nitrogen and oxygen atoms in total. The summed E-state index contributed by atoms with van der Waals surface area (Å²) in [5, 5.41) is 10.7. The minimum atomic E-state index is -0.214. The van der Waals surface area contributed by atoms with Crippen molar-refractivity contribution in [2.75, 3.05) is 0 Å². The van der Waals surface area contributed by atoms with E-state index in [1.54, 1.807) is 12.1 Å². The molecule has 0 bridgehead atoms. The number of halogens is 1. The molecule has 108 valence electrons. The van der Waals surface area contributed by atoms with Crippen LogP contribution in [0.25, 0.3) is 11.6 Å². The van der Waals surface area contributed by atoms with Crippen molar-refractivity contribution in [1.29, 1.82) is 0 Å². The highest BCUT2D eigenvalue weighted by molar-refractivity contribution is 7.10. The molecule has 0 radical (unpaired) electrons. The average molecular weight is 303 g/mol. The molecule has 0 saturated heterocycles. The Morgan fingerprint density at radius 3 is 2.76 bits per heavy atom. The average Bonchev–Trinajstić information content (AvgIpc) is 3.10. The highest BCUT2D eigenvalue weighted by atomic mass is 32.1. The Morgan fingerprint density at radius 2 is 2.05 bits per heavy atom. The first-order valence-electron chi connectivity index (χ1n) is 6.65. The zero-order valence-corrected chi connectivity index (χ0v) is 12.5. The van der Waals surface area contributed by atoms with Crippen molar-refractivity contribution in [3.8, 4) is 11.6 Å². The molecule has 0 saturated carbocycles. The van der Waals surface area contributed by atoms with Gasteiger partial charge in [-0.1, -0.05) is 32.0 Å². The van der Waals surface area contributed by atoms with Gasteiger partial charge in [-0.05, 0) is 11.6 Å². The maximum atomic E-state index is 13.6. The van der Waals surface area contributed by atoms with Gasteiger partial charge in [0.1, 0.15) is 11.5 Å². The van der Waals surface area contributed by atoms with Gasteiger partial charge in [-0.2, -0.15) is 0 Å². The molecule has 0 fully saturated rings. The van der Waals surface area contributed by atoms with Gasteiger partial charge in [-0.15, -0.1) is 21.5 Å². The molecule has 3 rings (SSSR count). The SMILES string of the molecule is CC(C)c1nnc(-c2csc(Cc3ccccc3F)n2)o1. The van der Waals surface area contributed by atoms with Gasteiger partial charge >= 0.3 is 0 Å². The molecule has 0 atom stereocenters. The van der Waals surface area contributed by atoms with Gasteiger partial charge in [-0.25, -0.2) is 9.37 Å². The summed E-state index contributed by atoms with van der Waals surface area (Å²) in [6.07, 6.45) is 0.461. The second-order valence-corrected chi connectivity index (χ2v) is 5.94. The quantitative estimate of drug-likeness (QED) is 0.729. The van der Waals surface area contributed by atoms with Crippen LogP contribution in [0.3, 0.4) is 0 Å². The van der Waals surface area contributed by atoms with E-state index in [1.165, 1.54) is 17.4 Å². The van der Waals surface area contributed by atoms with Crippen molar-refractivity contribution < 1.29 is 8.81 Å². The van der Waals surface area contributed by atoms with Gasteiger partial charge in [0.15, 0.2) is 0 Å². The maximum absolute atomic E-state index is 13.6. The van der Waals surface area contributed by atoms with Gasteiger partial charge in [0.05, 0.1) is 5.01 Å². The molecule has 0 amide bonds. The van der Waals surface area contributed by atoms with Crippen molar-refractivity contribution in [1.82, 2.24) is 15.2 Å². The predicted octanol–water partition coefficient (Wildman–Crippen LogP) is 4.05. The van der Waals surface area contributed by atoms with E-state index in [1.807, 2.05) is 25.3 Å². The van der Waals surface area contributed by atoms with Crippen molar-refractivity contribution in [3.63, 3.8) is 0 Å². The summed E-state index contributed by atoms with van der Waals surface area (Å²) in [5.74, 6) is 0.972. The number of benzene rings is 1. The summed E-state index contributed by atoms with van der Waals surface area (Å²) in [4.78, 5) is 4.45. The van der Waals surface area contributed by atoms with Gasteiger partial charge in [0, 0.05) is 17.7 Å². The Balaban J connectivity index is 1.81. The zero-order valence-electron chi connectivity index (χ0n) is 11.7. The summed E-state index contributed by atoms with van der Waals surface area (Å²) < 4.78 is 19.2. The van der Waals surface area contributed by atoms with Gasteiger partial charge in [0.2, 0.25) is 5.89 Å². The lowest BCUT2D eigenvalue weighted by molar-refractivity contribution is 0.480. The number of thiazole rings is 1. The van der Waals surface area contributed by atoms with Gasteiger partial charge in [-0.3, -0.25) is 0 Å². The number of hydrogen-bond donors (Lipinski definition) is 0. The van der Waals surface area contributed by atoms with Crippen molar-refractivity contribution in [2.45, 2.75) is 26.2 Å². The van der Waals surface area contributed by atoms with Crippen LogP contribution in [0.5, 0.6) is 0 Å². The summed E-state index contributed by atoms with van der Waals surface area (Å²) in [7, 11) is 0. The highest BCUT2D eigenvalue weighted by Gasteiger charge is 2.14. The molecule has 2 aromatic heterocycles. The normalized spacial score (nSPS) is 11.2. The van der Waals surface area contributed by atoms with E-state index in [9.17, 15) is 4.39 Å². The fraction of sp³-hybridized carbons (Fsp3) is 0.267. The lowest BCUT2D eigenvalue weighted by atomic mass is 10.1. The molecule has 0 aliphatic rings. The Morgan fingerprint density at radius 1 is 1.24 bits per heavy atom.